The Morgan fingerprint density at radius 1 is 0.914 bits per heavy atom. The third-order valence-corrected chi connectivity index (χ3v) is 6.19. The normalized spacial score (nSPS) is 11.4. The monoisotopic (exact) mass is 522 g/mol. The third-order valence-electron chi connectivity index (χ3n) is 5.63. The molecule has 0 aliphatic rings. The number of carboxylic acid groups (broad SMARTS) is 1. The number of hydrogen-bond acceptors (Lipinski definition) is 4. The lowest BCUT2D eigenvalue weighted by molar-refractivity contribution is -0.130. The van der Waals surface area contributed by atoms with Gasteiger partial charge in [-0.15, -0.1) is 0 Å². The summed E-state index contributed by atoms with van der Waals surface area (Å²) in [7, 11) is 1.42. The second-order valence-corrected chi connectivity index (χ2v) is 9.18. The topological polar surface area (TPSA) is 65.0 Å². The van der Waals surface area contributed by atoms with Gasteiger partial charge in [0.15, 0.2) is 5.75 Å². The predicted octanol–water partition coefficient (Wildman–Crippen LogP) is 8.21. The molecule has 5 nitrogen and oxygen atoms in total. The molecule has 0 unspecified atom stereocenters. The van der Waals surface area contributed by atoms with Crippen LogP contribution < -0.4 is 9.47 Å². The molecule has 2 aromatic rings. The molecule has 7 heteroatoms. The average Bonchev–Trinajstić information content (AvgIpc) is 2.83. The van der Waals surface area contributed by atoms with E-state index < -0.39 is 5.97 Å². The first-order valence-corrected chi connectivity index (χ1v) is 13.0. The quantitative estimate of drug-likeness (QED) is 0.129. The summed E-state index contributed by atoms with van der Waals surface area (Å²) >= 11 is 12.8. The van der Waals surface area contributed by atoms with Gasteiger partial charge in [0.2, 0.25) is 0 Å². The molecule has 0 saturated heterocycles. The van der Waals surface area contributed by atoms with Crippen LogP contribution >= 0.6 is 23.2 Å². The van der Waals surface area contributed by atoms with Gasteiger partial charge >= 0.3 is 5.97 Å². The minimum absolute atomic E-state index is 0.0900. The van der Waals surface area contributed by atoms with E-state index in [9.17, 15) is 9.90 Å². The van der Waals surface area contributed by atoms with Crippen molar-refractivity contribution < 1.29 is 24.1 Å². The lowest BCUT2D eigenvalue weighted by Crippen LogP contribution is -2.07. The SMILES string of the molecule is CCCCCCCCCCOc1c(Cl)cc(OCCc2ccccc2/C(=C\OC)C(=O)O)cc1Cl. The summed E-state index contributed by atoms with van der Waals surface area (Å²) in [4.78, 5) is 11.6. The van der Waals surface area contributed by atoms with Gasteiger partial charge in [0.25, 0.3) is 0 Å². The molecule has 0 fully saturated rings. The molecule has 192 valence electrons. The fourth-order valence-electron chi connectivity index (χ4n) is 3.79. The molecule has 0 aliphatic carbocycles. The van der Waals surface area contributed by atoms with Crippen molar-refractivity contribution >= 4 is 34.7 Å². The largest absolute Gasteiger partial charge is 0.503 e. The minimum Gasteiger partial charge on any atom is -0.503 e. The Hall–Kier alpha value is -2.37. The summed E-state index contributed by atoms with van der Waals surface area (Å²) in [6, 6.07) is 10.6. The Kier molecular flexibility index (Phi) is 13.5. The van der Waals surface area contributed by atoms with Crippen molar-refractivity contribution in [2.24, 2.45) is 0 Å². The highest BCUT2D eigenvalue weighted by Crippen LogP contribution is 2.37. The Morgan fingerprint density at radius 2 is 1.54 bits per heavy atom. The maximum absolute atomic E-state index is 11.6. The van der Waals surface area contributed by atoms with Gasteiger partial charge in [0.1, 0.15) is 11.3 Å². The molecular weight excluding hydrogens is 487 g/mol. The number of rotatable bonds is 17. The molecule has 2 rings (SSSR count). The van der Waals surface area contributed by atoms with Crippen LogP contribution in [0.1, 0.15) is 69.4 Å². The van der Waals surface area contributed by atoms with E-state index in [0.717, 1.165) is 18.4 Å². The van der Waals surface area contributed by atoms with Gasteiger partial charge < -0.3 is 19.3 Å². The molecule has 35 heavy (non-hydrogen) atoms. The number of hydrogen-bond donors (Lipinski definition) is 1. The van der Waals surface area contributed by atoms with Crippen molar-refractivity contribution in [3.05, 3.63) is 63.8 Å². The number of unbranched alkanes of at least 4 members (excludes halogenated alkanes) is 7. The van der Waals surface area contributed by atoms with Gasteiger partial charge in [0, 0.05) is 18.6 Å². The van der Waals surface area contributed by atoms with Crippen LogP contribution in [-0.2, 0) is 16.0 Å². The van der Waals surface area contributed by atoms with Gasteiger partial charge in [-0.3, -0.25) is 0 Å². The van der Waals surface area contributed by atoms with Gasteiger partial charge in [-0.25, -0.2) is 4.79 Å². The molecule has 0 atom stereocenters. The predicted molar refractivity (Wildman–Crippen MR) is 143 cm³/mol. The zero-order valence-corrected chi connectivity index (χ0v) is 22.2. The maximum atomic E-state index is 11.6. The fourth-order valence-corrected chi connectivity index (χ4v) is 4.37. The van der Waals surface area contributed by atoms with Crippen LogP contribution in [0.15, 0.2) is 42.7 Å². The molecule has 0 amide bonds. The van der Waals surface area contributed by atoms with E-state index in [1.807, 2.05) is 12.1 Å². The Morgan fingerprint density at radius 3 is 2.17 bits per heavy atom. The molecule has 1 N–H and O–H groups in total. The first kappa shape index (κ1) is 28.9. The van der Waals surface area contributed by atoms with Gasteiger partial charge in [0.05, 0.1) is 36.6 Å². The molecule has 0 radical (unpaired) electrons. The molecule has 0 aromatic heterocycles. The van der Waals surface area contributed by atoms with Crippen molar-refractivity contribution in [2.75, 3.05) is 20.3 Å². The number of aliphatic carboxylic acids is 1. The van der Waals surface area contributed by atoms with Crippen molar-refractivity contribution in [2.45, 2.75) is 64.7 Å². The highest BCUT2D eigenvalue weighted by molar-refractivity contribution is 6.37. The van der Waals surface area contributed by atoms with Crippen LogP contribution in [0.3, 0.4) is 0 Å². The molecule has 0 heterocycles. The summed E-state index contributed by atoms with van der Waals surface area (Å²) in [6.45, 7) is 3.13. The van der Waals surface area contributed by atoms with Crippen molar-refractivity contribution in [3.63, 3.8) is 0 Å². The second-order valence-electron chi connectivity index (χ2n) is 8.37. The summed E-state index contributed by atoms with van der Waals surface area (Å²) in [5.74, 6) is -0.0473. The lowest BCUT2D eigenvalue weighted by atomic mass is 9.98. The number of methoxy groups -OCH3 is 1. The zero-order valence-electron chi connectivity index (χ0n) is 20.7. The highest BCUT2D eigenvalue weighted by atomic mass is 35.5. The summed E-state index contributed by atoms with van der Waals surface area (Å²) in [6.07, 6.45) is 11.6. The van der Waals surface area contributed by atoms with Crippen molar-refractivity contribution in [1.82, 2.24) is 0 Å². The summed E-state index contributed by atoms with van der Waals surface area (Å²) in [5, 5.41) is 10.3. The molecule has 0 aliphatic heterocycles. The highest BCUT2D eigenvalue weighted by Gasteiger charge is 2.15. The number of ether oxygens (including phenoxy) is 3. The Bertz CT molecular complexity index is 935. The number of benzene rings is 2. The third kappa shape index (κ3) is 10.0. The Labute approximate surface area is 219 Å². The van der Waals surface area contributed by atoms with E-state index in [4.69, 9.17) is 37.4 Å². The van der Waals surface area contributed by atoms with E-state index in [1.165, 1.54) is 51.9 Å². The lowest BCUT2D eigenvalue weighted by Gasteiger charge is -2.14. The van der Waals surface area contributed by atoms with Gasteiger partial charge in [-0.05, 0) is 17.5 Å². The van der Waals surface area contributed by atoms with Crippen LogP contribution in [0.25, 0.3) is 5.57 Å². The van der Waals surface area contributed by atoms with Crippen LogP contribution in [0.4, 0.5) is 0 Å². The number of halogens is 2. The first-order valence-electron chi connectivity index (χ1n) is 12.3. The molecule has 2 aromatic carbocycles. The standard InChI is InChI=1S/C28H36Cl2O5/c1-3-4-5-6-7-8-9-12-16-35-27-25(29)18-22(19-26(27)30)34-17-15-21-13-10-11-14-23(21)24(20-33-2)28(31)32/h10-11,13-14,18-20H,3-9,12,15-17H2,1-2H3,(H,31,32)/b24-20+. The van der Waals surface area contributed by atoms with Crippen molar-refractivity contribution in [1.29, 1.82) is 0 Å². The van der Waals surface area contributed by atoms with Crippen molar-refractivity contribution in [3.8, 4) is 11.5 Å². The minimum atomic E-state index is -1.05. The zero-order chi connectivity index (χ0) is 25.5. The van der Waals surface area contributed by atoms with Gasteiger partial charge in [-0.2, -0.15) is 0 Å². The van der Waals surface area contributed by atoms with Crippen LogP contribution in [-0.4, -0.2) is 31.4 Å². The average molecular weight is 523 g/mol. The molecule has 0 bridgehead atoms. The first-order chi connectivity index (χ1) is 17.0. The molecule has 0 spiro atoms. The van der Waals surface area contributed by atoms with E-state index in [-0.39, 0.29) is 5.57 Å². The van der Waals surface area contributed by atoms with E-state index >= 15 is 0 Å². The van der Waals surface area contributed by atoms with E-state index in [0.29, 0.717) is 46.7 Å². The molecule has 0 saturated carbocycles. The fraction of sp³-hybridized carbons (Fsp3) is 0.464. The van der Waals surface area contributed by atoms with Gasteiger partial charge in [-0.1, -0.05) is 99.3 Å². The smallest absolute Gasteiger partial charge is 0.339 e. The summed E-state index contributed by atoms with van der Waals surface area (Å²) < 4.78 is 16.6. The van der Waals surface area contributed by atoms with E-state index in [1.54, 1.807) is 24.3 Å². The second kappa shape index (κ2) is 16.3. The van der Waals surface area contributed by atoms with Crippen LogP contribution in [0, 0.1) is 0 Å². The van der Waals surface area contributed by atoms with E-state index in [2.05, 4.69) is 6.92 Å². The Balaban J connectivity index is 1.85. The number of carbonyl (C=O) groups is 1. The summed E-state index contributed by atoms with van der Waals surface area (Å²) in [5.41, 5.74) is 1.51. The van der Waals surface area contributed by atoms with Crippen LogP contribution in [0.2, 0.25) is 10.0 Å². The number of carboxylic acids is 1. The molecular formula is C28H36Cl2O5. The van der Waals surface area contributed by atoms with Crippen LogP contribution in [0.5, 0.6) is 11.5 Å². The maximum Gasteiger partial charge on any atom is 0.339 e.